The first-order chi connectivity index (χ1) is 15.5. The molecule has 2 aromatic carbocycles. The van der Waals surface area contributed by atoms with E-state index in [2.05, 4.69) is 26.1 Å². The number of aromatic nitrogens is 4. The predicted octanol–water partition coefficient (Wildman–Crippen LogP) is 4.13. The summed E-state index contributed by atoms with van der Waals surface area (Å²) in [5.41, 5.74) is 3.33. The number of carbonyl (C=O) groups excluding carboxylic acids is 2. The number of rotatable bonds is 8. The van der Waals surface area contributed by atoms with Crippen molar-refractivity contribution in [2.45, 2.75) is 18.5 Å². The van der Waals surface area contributed by atoms with E-state index in [1.165, 1.54) is 18.7 Å². The van der Waals surface area contributed by atoms with Gasteiger partial charge in [-0.2, -0.15) is 0 Å². The lowest BCUT2D eigenvalue weighted by atomic mass is 10.1. The van der Waals surface area contributed by atoms with Crippen molar-refractivity contribution in [3.05, 3.63) is 90.0 Å². The molecule has 0 spiro atoms. The molecule has 0 aliphatic carbocycles. The molecule has 162 valence electrons. The number of para-hydroxylation sites is 1. The largest absolute Gasteiger partial charge is 0.354 e. The highest BCUT2D eigenvalue weighted by Crippen LogP contribution is 2.24. The minimum Gasteiger partial charge on any atom is -0.354 e. The second-order valence-corrected chi connectivity index (χ2v) is 8.27. The molecule has 7 nitrogen and oxygen atoms in total. The molecular weight excluding hydrogens is 422 g/mol. The third kappa shape index (κ3) is 4.97. The van der Waals surface area contributed by atoms with Gasteiger partial charge in [0.2, 0.25) is 5.91 Å². The van der Waals surface area contributed by atoms with Crippen molar-refractivity contribution >= 4 is 29.1 Å². The molecule has 4 aromatic rings. The van der Waals surface area contributed by atoms with E-state index in [0.717, 1.165) is 17.2 Å². The number of Topliss-reactive ketones (excluding diaryl/α,β-unsaturated/α-hetero) is 1. The number of anilines is 1. The monoisotopic (exact) mass is 445 g/mol. The van der Waals surface area contributed by atoms with Crippen LogP contribution >= 0.6 is 11.8 Å². The lowest BCUT2D eigenvalue weighted by Gasteiger charge is -2.11. The maximum absolute atomic E-state index is 12.5. The average Bonchev–Trinajstić information content (AvgIpc) is 3.39. The summed E-state index contributed by atoms with van der Waals surface area (Å²) in [6.07, 6.45) is 2.63. The van der Waals surface area contributed by atoms with Crippen LogP contribution in [0, 0.1) is 0 Å². The molecule has 0 atom stereocenters. The van der Waals surface area contributed by atoms with Gasteiger partial charge in [0.25, 0.3) is 0 Å². The molecule has 8 heteroatoms. The third-order valence-electron chi connectivity index (χ3n) is 5.01. The minimum absolute atomic E-state index is 0.00942. The fourth-order valence-electron chi connectivity index (χ4n) is 3.30. The molecule has 2 aromatic heterocycles. The van der Waals surface area contributed by atoms with Gasteiger partial charge < -0.3 is 9.88 Å². The number of carbonyl (C=O) groups is 2. The number of thioether (sulfide) groups is 1. The molecule has 0 saturated heterocycles. The highest BCUT2D eigenvalue weighted by molar-refractivity contribution is 7.99. The van der Waals surface area contributed by atoms with Gasteiger partial charge in [0.15, 0.2) is 10.9 Å². The first-order valence-corrected chi connectivity index (χ1v) is 11.1. The van der Waals surface area contributed by atoms with Gasteiger partial charge in [-0.05, 0) is 55.5 Å². The Morgan fingerprint density at radius 2 is 1.72 bits per heavy atom. The zero-order valence-electron chi connectivity index (χ0n) is 17.9. The number of benzene rings is 2. The maximum atomic E-state index is 12.5. The summed E-state index contributed by atoms with van der Waals surface area (Å²) in [5.74, 6) is 0.826. The van der Waals surface area contributed by atoms with Crippen LogP contribution < -0.4 is 5.32 Å². The second-order valence-electron chi connectivity index (χ2n) is 7.33. The number of nitrogens with zero attached hydrogens (tertiary/aromatic N) is 4. The Balaban J connectivity index is 1.50. The molecule has 0 unspecified atom stereocenters. The summed E-state index contributed by atoms with van der Waals surface area (Å²) in [4.78, 5) is 23.9. The molecule has 0 aliphatic rings. The van der Waals surface area contributed by atoms with Gasteiger partial charge in [0.1, 0.15) is 5.82 Å². The van der Waals surface area contributed by atoms with Crippen LogP contribution in [0.4, 0.5) is 5.69 Å². The van der Waals surface area contributed by atoms with E-state index >= 15 is 0 Å². The molecule has 32 heavy (non-hydrogen) atoms. The zero-order valence-corrected chi connectivity index (χ0v) is 18.7. The Morgan fingerprint density at radius 1 is 0.969 bits per heavy atom. The first-order valence-electron chi connectivity index (χ1n) is 10.1. The summed E-state index contributed by atoms with van der Waals surface area (Å²) in [7, 11) is 2.00. The number of amides is 1. The van der Waals surface area contributed by atoms with Gasteiger partial charge in [-0.1, -0.05) is 30.0 Å². The highest BCUT2D eigenvalue weighted by Gasteiger charge is 2.17. The van der Waals surface area contributed by atoms with Crippen molar-refractivity contribution in [2.24, 2.45) is 7.05 Å². The molecule has 0 saturated carbocycles. The molecule has 1 amide bonds. The van der Waals surface area contributed by atoms with Gasteiger partial charge in [-0.25, -0.2) is 0 Å². The molecule has 0 radical (unpaired) electrons. The molecule has 0 fully saturated rings. The standard InChI is InChI=1S/C24H23N5O2S/c1-17(30)18-10-12-19(13-11-18)25-23(31)16-32-24-27-26-22(15-21-9-6-14-28(21)2)29(24)20-7-4-3-5-8-20/h3-14H,15-16H2,1-2H3,(H,25,31). The Hall–Kier alpha value is -3.65. The van der Waals surface area contributed by atoms with Crippen LogP contribution in [0.5, 0.6) is 0 Å². The van der Waals surface area contributed by atoms with Crippen molar-refractivity contribution in [3.63, 3.8) is 0 Å². The first kappa shape index (κ1) is 21.6. The molecule has 4 rings (SSSR count). The summed E-state index contributed by atoms with van der Waals surface area (Å²) < 4.78 is 4.05. The maximum Gasteiger partial charge on any atom is 0.234 e. The number of hydrogen-bond donors (Lipinski definition) is 1. The highest BCUT2D eigenvalue weighted by atomic mass is 32.2. The Bertz CT molecular complexity index is 1230. The third-order valence-corrected chi connectivity index (χ3v) is 5.94. The van der Waals surface area contributed by atoms with Crippen LogP contribution in [0.2, 0.25) is 0 Å². The van der Waals surface area contributed by atoms with Gasteiger partial charge in [-0.3, -0.25) is 14.2 Å². The topological polar surface area (TPSA) is 81.8 Å². The normalized spacial score (nSPS) is 10.8. The van der Waals surface area contributed by atoms with E-state index in [-0.39, 0.29) is 17.4 Å². The van der Waals surface area contributed by atoms with Crippen LogP contribution in [-0.2, 0) is 18.3 Å². The van der Waals surface area contributed by atoms with Crippen LogP contribution in [0.15, 0.2) is 78.1 Å². The molecule has 0 aliphatic heterocycles. The number of nitrogens with one attached hydrogen (secondary N) is 1. The summed E-state index contributed by atoms with van der Waals surface area (Å²) in [5, 5.41) is 12.3. The zero-order chi connectivity index (χ0) is 22.5. The quantitative estimate of drug-likeness (QED) is 0.326. The van der Waals surface area contributed by atoms with Crippen molar-refractivity contribution in [1.82, 2.24) is 19.3 Å². The Morgan fingerprint density at radius 3 is 2.38 bits per heavy atom. The van der Waals surface area contributed by atoms with Crippen molar-refractivity contribution in [3.8, 4) is 5.69 Å². The van der Waals surface area contributed by atoms with E-state index in [1.807, 2.05) is 54.2 Å². The van der Waals surface area contributed by atoms with Crippen LogP contribution in [0.25, 0.3) is 5.69 Å². The number of ketones is 1. The van der Waals surface area contributed by atoms with Gasteiger partial charge in [0.05, 0.1) is 5.75 Å². The fourth-order valence-corrected chi connectivity index (χ4v) is 4.07. The van der Waals surface area contributed by atoms with Gasteiger partial charge >= 0.3 is 0 Å². The van der Waals surface area contributed by atoms with Gasteiger partial charge in [0, 0.05) is 42.3 Å². The molecule has 2 heterocycles. The molecule has 0 bridgehead atoms. The number of hydrogen-bond acceptors (Lipinski definition) is 5. The molecule has 1 N–H and O–H groups in total. The van der Waals surface area contributed by atoms with E-state index in [1.54, 1.807) is 24.3 Å². The summed E-state index contributed by atoms with van der Waals surface area (Å²) in [6.45, 7) is 1.51. The van der Waals surface area contributed by atoms with E-state index in [9.17, 15) is 9.59 Å². The molecular formula is C24H23N5O2S. The minimum atomic E-state index is -0.155. The SMILES string of the molecule is CC(=O)c1ccc(NC(=O)CSc2nnc(Cc3cccn3C)n2-c2ccccc2)cc1. The average molecular weight is 446 g/mol. The number of aryl methyl sites for hydroxylation is 1. The van der Waals surface area contributed by atoms with Crippen molar-refractivity contribution < 1.29 is 9.59 Å². The smallest absolute Gasteiger partial charge is 0.234 e. The van der Waals surface area contributed by atoms with Crippen molar-refractivity contribution in [1.29, 1.82) is 0 Å². The van der Waals surface area contributed by atoms with Crippen LogP contribution in [0.1, 0.15) is 28.8 Å². The van der Waals surface area contributed by atoms with E-state index < -0.39 is 0 Å². The second kappa shape index (κ2) is 9.65. The van der Waals surface area contributed by atoms with Crippen molar-refractivity contribution in [2.75, 3.05) is 11.1 Å². The Labute approximate surface area is 190 Å². The lowest BCUT2D eigenvalue weighted by molar-refractivity contribution is -0.113. The fraction of sp³-hybridized carbons (Fsp3) is 0.167. The lowest BCUT2D eigenvalue weighted by Crippen LogP contribution is -2.15. The summed E-state index contributed by atoms with van der Waals surface area (Å²) in [6, 6.07) is 20.8. The van der Waals surface area contributed by atoms with Crippen LogP contribution in [0.3, 0.4) is 0 Å². The predicted molar refractivity (Wildman–Crippen MR) is 125 cm³/mol. The van der Waals surface area contributed by atoms with Crippen LogP contribution in [-0.4, -0.2) is 36.8 Å². The van der Waals surface area contributed by atoms with E-state index in [4.69, 9.17) is 0 Å². The Kier molecular flexibility index (Phi) is 6.51. The summed E-state index contributed by atoms with van der Waals surface area (Å²) >= 11 is 1.33. The van der Waals surface area contributed by atoms with E-state index in [0.29, 0.717) is 22.8 Å². The van der Waals surface area contributed by atoms with Gasteiger partial charge in [-0.15, -0.1) is 10.2 Å².